The Morgan fingerprint density at radius 1 is 1.12 bits per heavy atom. The van der Waals surface area contributed by atoms with E-state index in [-0.39, 0.29) is 11.5 Å². The lowest BCUT2D eigenvalue weighted by Crippen LogP contribution is -2.43. The quantitative estimate of drug-likeness (QED) is 0.456. The van der Waals surface area contributed by atoms with Crippen LogP contribution < -0.4 is 10.0 Å². The third kappa shape index (κ3) is 5.42. The molecule has 0 unspecified atom stereocenters. The number of Topliss-reactive ketones (excluding diaryl/α,β-unsaturated/α-hetero) is 1. The number of pyridine rings is 1. The molecule has 0 fully saturated rings. The van der Waals surface area contributed by atoms with Crippen molar-refractivity contribution in [3.05, 3.63) is 71.2 Å². The molecule has 0 aliphatic carbocycles. The van der Waals surface area contributed by atoms with Gasteiger partial charge in [-0.25, -0.2) is 4.79 Å². The lowest BCUT2D eigenvalue weighted by molar-refractivity contribution is -0.608. The van der Waals surface area contributed by atoms with Crippen LogP contribution in [0, 0.1) is 5.21 Å². The highest BCUT2D eigenvalue weighted by Gasteiger charge is 2.21. The second-order valence-electron chi connectivity index (χ2n) is 5.41. The molecule has 25 heavy (non-hydrogen) atoms. The number of esters is 1. The van der Waals surface area contributed by atoms with E-state index in [1.54, 1.807) is 0 Å². The molecule has 2 aromatic rings. The molecule has 1 aromatic heterocycles. The highest BCUT2D eigenvalue weighted by atomic mass is 16.5. The number of hydrogen-bond acceptors (Lipinski definition) is 5. The third-order valence-corrected chi connectivity index (χ3v) is 3.48. The van der Waals surface area contributed by atoms with E-state index in [0.29, 0.717) is 11.2 Å². The van der Waals surface area contributed by atoms with Crippen molar-refractivity contribution in [3.8, 4) is 0 Å². The Balaban J connectivity index is 1.90. The van der Waals surface area contributed by atoms with E-state index in [0.717, 1.165) is 11.8 Å². The van der Waals surface area contributed by atoms with E-state index in [2.05, 4.69) is 5.32 Å². The highest BCUT2D eigenvalue weighted by molar-refractivity contribution is 5.90. The summed E-state index contributed by atoms with van der Waals surface area (Å²) in [7, 11) is 0. The van der Waals surface area contributed by atoms with Gasteiger partial charge in [0.05, 0.1) is 6.04 Å². The van der Waals surface area contributed by atoms with E-state index in [1.807, 2.05) is 30.3 Å². The summed E-state index contributed by atoms with van der Waals surface area (Å²) in [5, 5.41) is 14.0. The van der Waals surface area contributed by atoms with Gasteiger partial charge in [-0.05, 0) is 25.0 Å². The van der Waals surface area contributed by atoms with Crippen molar-refractivity contribution in [2.45, 2.75) is 19.4 Å². The van der Waals surface area contributed by atoms with E-state index >= 15 is 0 Å². The maximum Gasteiger partial charge on any atom is 0.405 e. The number of amides is 1. The Hall–Kier alpha value is -3.22. The first kappa shape index (κ1) is 18.1. The van der Waals surface area contributed by atoms with Crippen LogP contribution >= 0.6 is 0 Å². The first-order valence-corrected chi connectivity index (χ1v) is 7.66. The zero-order valence-electron chi connectivity index (χ0n) is 13.7. The van der Waals surface area contributed by atoms with Crippen LogP contribution in [0.1, 0.15) is 23.0 Å². The van der Waals surface area contributed by atoms with Gasteiger partial charge in [-0.2, -0.15) is 4.73 Å². The molecule has 0 aliphatic heterocycles. The number of aromatic nitrogens is 1. The summed E-state index contributed by atoms with van der Waals surface area (Å²) in [4.78, 5) is 35.5. The fourth-order valence-corrected chi connectivity index (χ4v) is 2.17. The number of nitrogens with zero attached hydrogens (tertiary/aromatic N) is 1. The molecule has 0 saturated heterocycles. The minimum absolute atomic E-state index is 0.205. The van der Waals surface area contributed by atoms with E-state index in [1.165, 1.54) is 25.1 Å². The number of carbonyl (C=O) groups is 3. The molecule has 1 N–H and O–H groups in total. The molecule has 0 bridgehead atoms. The molecule has 0 aliphatic rings. The van der Waals surface area contributed by atoms with Gasteiger partial charge in [-0.1, -0.05) is 30.3 Å². The molecule has 7 heteroatoms. The summed E-state index contributed by atoms with van der Waals surface area (Å²) in [6.07, 6.45) is 1.50. The standard InChI is InChI=1S/C18H18N2O5/c1-13(21)15(11-14-7-3-2-4-8-14)19-17(22)12-25-18(23)16-9-5-6-10-20(16)24/h2-10,15H,11-12H2,1H3,(H,19,22)/t15-/m1/s1. The molecular formula is C18H18N2O5. The van der Waals surface area contributed by atoms with Crippen LogP contribution in [0.15, 0.2) is 54.7 Å². The van der Waals surface area contributed by atoms with Crippen molar-refractivity contribution in [2.75, 3.05) is 6.61 Å². The van der Waals surface area contributed by atoms with Gasteiger partial charge in [0, 0.05) is 12.1 Å². The second kappa shape index (κ2) is 8.58. The minimum atomic E-state index is -0.909. The highest BCUT2D eigenvalue weighted by Crippen LogP contribution is 2.04. The zero-order valence-corrected chi connectivity index (χ0v) is 13.7. The number of ketones is 1. The van der Waals surface area contributed by atoms with Crippen molar-refractivity contribution in [1.29, 1.82) is 0 Å². The molecule has 1 atom stereocenters. The van der Waals surface area contributed by atoms with Crippen LogP contribution in [0.3, 0.4) is 0 Å². The maximum atomic E-state index is 11.9. The second-order valence-corrected chi connectivity index (χ2v) is 5.41. The van der Waals surface area contributed by atoms with Gasteiger partial charge in [-0.15, -0.1) is 0 Å². The molecule has 1 aromatic carbocycles. The normalized spacial score (nSPS) is 11.4. The number of hydrogen-bond donors (Lipinski definition) is 1. The maximum absolute atomic E-state index is 11.9. The van der Waals surface area contributed by atoms with Crippen molar-refractivity contribution >= 4 is 17.7 Å². The molecule has 0 spiro atoms. The van der Waals surface area contributed by atoms with Crippen molar-refractivity contribution in [2.24, 2.45) is 0 Å². The number of ether oxygens (including phenoxy) is 1. The van der Waals surface area contributed by atoms with Crippen LogP contribution in [0.4, 0.5) is 0 Å². The monoisotopic (exact) mass is 342 g/mol. The van der Waals surface area contributed by atoms with Gasteiger partial charge < -0.3 is 15.3 Å². The molecular weight excluding hydrogens is 324 g/mol. The zero-order chi connectivity index (χ0) is 18.2. The smallest absolute Gasteiger partial charge is 0.405 e. The summed E-state index contributed by atoms with van der Waals surface area (Å²) in [5.74, 6) is -1.73. The Morgan fingerprint density at radius 3 is 2.44 bits per heavy atom. The van der Waals surface area contributed by atoms with Gasteiger partial charge in [0.25, 0.3) is 5.91 Å². The number of benzene rings is 1. The summed E-state index contributed by atoms with van der Waals surface area (Å²) in [5.41, 5.74) is 0.680. The Morgan fingerprint density at radius 2 is 1.80 bits per heavy atom. The predicted octanol–water partition coefficient (Wildman–Crippen LogP) is 0.793. The van der Waals surface area contributed by atoms with Crippen molar-refractivity contribution in [3.63, 3.8) is 0 Å². The van der Waals surface area contributed by atoms with Crippen LogP contribution in [0.25, 0.3) is 0 Å². The molecule has 1 heterocycles. The van der Waals surface area contributed by atoms with Gasteiger partial charge in [0.2, 0.25) is 0 Å². The third-order valence-electron chi connectivity index (χ3n) is 3.48. The van der Waals surface area contributed by atoms with Crippen LogP contribution in [0.2, 0.25) is 0 Å². The predicted molar refractivity (Wildman–Crippen MR) is 88.4 cm³/mol. The summed E-state index contributed by atoms with van der Waals surface area (Å²) in [6, 6.07) is 12.8. The van der Waals surface area contributed by atoms with E-state index in [4.69, 9.17) is 4.74 Å². The molecule has 0 radical (unpaired) electrons. The average Bonchev–Trinajstić information content (AvgIpc) is 2.60. The fraction of sp³-hybridized carbons (Fsp3) is 0.222. The molecule has 7 nitrogen and oxygen atoms in total. The molecule has 130 valence electrons. The largest absolute Gasteiger partial charge is 0.618 e. The van der Waals surface area contributed by atoms with Gasteiger partial charge in [0.1, 0.15) is 0 Å². The van der Waals surface area contributed by atoms with E-state index < -0.39 is 24.5 Å². The fourth-order valence-electron chi connectivity index (χ4n) is 2.17. The van der Waals surface area contributed by atoms with Gasteiger partial charge >= 0.3 is 11.7 Å². The molecule has 1 amide bonds. The van der Waals surface area contributed by atoms with Crippen molar-refractivity contribution < 1.29 is 23.9 Å². The van der Waals surface area contributed by atoms with Crippen LogP contribution in [-0.2, 0) is 20.7 Å². The van der Waals surface area contributed by atoms with Crippen LogP contribution in [-0.4, -0.2) is 30.3 Å². The Kier molecular flexibility index (Phi) is 6.22. The first-order valence-electron chi connectivity index (χ1n) is 7.66. The number of rotatable bonds is 7. The lowest BCUT2D eigenvalue weighted by Gasteiger charge is -2.16. The molecule has 2 rings (SSSR count). The van der Waals surface area contributed by atoms with Gasteiger partial charge in [-0.3, -0.25) is 9.59 Å². The topological polar surface area (TPSA) is 99.4 Å². The Bertz CT molecular complexity index is 761. The van der Waals surface area contributed by atoms with Gasteiger partial charge in [0.15, 0.2) is 18.6 Å². The van der Waals surface area contributed by atoms with Crippen LogP contribution in [0.5, 0.6) is 0 Å². The van der Waals surface area contributed by atoms with Crippen molar-refractivity contribution in [1.82, 2.24) is 5.32 Å². The summed E-state index contributed by atoms with van der Waals surface area (Å²) >= 11 is 0. The SMILES string of the molecule is CC(=O)[C@@H](Cc1ccccc1)NC(=O)COC(=O)c1cccc[n+]1[O-]. The summed E-state index contributed by atoms with van der Waals surface area (Å²) in [6.45, 7) is 0.802. The summed E-state index contributed by atoms with van der Waals surface area (Å²) < 4.78 is 5.17. The minimum Gasteiger partial charge on any atom is -0.618 e. The Labute approximate surface area is 144 Å². The number of nitrogens with one attached hydrogen (secondary N) is 1. The first-order chi connectivity index (χ1) is 12.0. The van der Waals surface area contributed by atoms with E-state index in [9.17, 15) is 19.6 Å². The lowest BCUT2D eigenvalue weighted by atomic mass is 10.0. The average molecular weight is 342 g/mol. The molecule has 0 saturated carbocycles. The number of carbonyl (C=O) groups excluding carboxylic acids is 3.